The number of rotatable bonds is 4. The molecule has 0 aliphatic carbocycles. The first-order chi connectivity index (χ1) is 8.82. The Bertz CT molecular complexity index is 671. The average molecular weight is 304 g/mol. The van der Waals surface area contributed by atoms with Gasteiger partial charge >= 0.3 is 0 Å². The van der Waals surface area contributed by atoms with Gasteiger partial charge in [0.25, 0.3) is 0 Å². The Hall–Kier alpha value is -1.38. The molecule has 0 atom stereocenters. The Morgan fingerprint density at radius 2 is 2.00 bits per heavy atom. The first-order valence-electron chi connectivity index (χ1n) is 5.43. The van der Waals surface area contributed by atoms with Crippen molar-refractivity contribution < 1.29 is 8.42 Å². The lowest BCUT2D eigenvalue weighted by molar-refractivity contribution is 0.453. The molecule has 0 aromatic carbocycles. The first-order valence-corrected chi connectivity index (χ1v) is 7.25. The molecule has 19 heavy (non-hydrogen) atoms. The third-order valence-electron chi connectivity index (χ3n) is 2.77. The maximum absolute atomic E-state index is 12.3. The zero-order chi connectivity index (χ0) is 14.2. The van der Waals surface area contributed by atoms with Crippen molar-refractivity contribution in [3.05, 3.63) is 29.3 Å². The van der Waals surface area contributed by atoms with Gasteiger partial charge < -0.3 is 0 Å². The highest BCUT2D eigenvalue weighted by molar-refractivity contribution is 7.89. The summed E-state index contributed by atoms with van der Waals surface area (Å²) in [7, 11) is 1.29. The molecule has 0 fully saturated rings. The minimum absolute atomic E-state index is 0.145. The van der Waals surface area contributed by atoms with Crippen LogP contribution in [0.25, 0.3) is 0 Å². The molecule has 0 aliphatic heterocycles. The summed E-state index contributed by atoms with van der Waals surface area (Å²) >= 11 is 5.97. The zero-order valence-electron chi connectivity index (χ0n) is 10.8. The van der Waals surface area contributed by atoms with Crippen LogP contribution in [-0.2, 0) is 30.7 Å². The van der Waals surface area contributed by atoms with Gasteiger partial charge in [0, 0.05) is 27.3 Å². The Labute approximate surface area is 116 Å². The molecule has 0 aliphatic rings. The van der Waals surface area contributed by atoms with Gasteiger partial charge in [0.1, 0.15) is 4.90 Å². The number of aryl methyl sites for hydroxylation is 2. The number of aromatic nitrogens is 4. The molecule has 0 bridgehead atoms. The summed E-state index contributed by atoms with van der Waals surface area (Å²) in [6, 6.07) is 0. The monoisotopic (exact) mass is 303 g/mol. The van der Waals surface area contributed by atoms with Crippen LogP contribution in [0, 0.1) is 0 Å². The quantitative estimate of drug-likeness (QED) is 0.830. The summed E-state index contributed by atoms with van der Waals surface area (Å²) < 4.78 is 28.8. The fourth-order valence-corrected chi connectivity index (χ4v) is 2.97. The molecule has 0 amide bonds. The van der Waals surface area contributed by atoms with Crippen LogP contribution in [0.2, 0.25) is 5.02 Å². The molecular formula is C10H14ClN5O2S. The molecule has 7 nitrogen and oxygen atoms in total. The summed E-state index contributed by atoms with van der Waals surface area (Å²) in [5.74, 6) is 0. The SMILES string of the molecule is CN(Cc1c(Cl)cnn1C)S(=O)(=O)c1cnn(C)c1. The van der Waals surface area contributed by atoms with Crippen LogP contribution >= 0.6 is 11.6 Å². The lowest BCUT2D eigenvalue weighted by Gasteiger charge is -2.16. The molecule has 0 saturated heterocycles. The minimum Gasteiger partial charge on any atom is -0.274 e. The van der Waals surface area contributed by atoms with Gasteiger partial charge in [-0.3, -0.25) is 9.36 Å². The van der Waals surface area contributed by atoms with Gasteiger partial charge in [-0.2, -0.15) is 14.5 Å². The molecule has 2 heterocycles. The molecular weight excluding hydrogens is 290 g/mol. The first kappa shape index (κ1) is 14.0. The number of sulfonamides is 1. The van der Waals surface area contributed by atoms with Gasteiger partial charge in [-0.15, -0.1) is 0 Å². The van der Waals surface area contributed by atoms with Crippen LogP contribution < -0.4 is 0 Å². The van der Waals surface area contributed by atoms with Crippen LogP contribution in [0.3, 0.4) is 0 Å². The van der Waals surface area contributed by atoms with Crippen molar-refractivity contribution in [3.63, 3.8) is 0 Å². The van der Waals surface area contributed by atoms with Crippen molar-refractivity contribution in [2.45, 2.75) is 11.4 Å². The van der Waals surface area contributed by atoms with Crippen LogP contribution in [-0.4, -0.2) is 39.3 Å². The van der Waals surface area contributed by atoms with Gasteiger partial charge in [-0.05, 0) is 0 Å². The molecule has 2 aromatic heterocycles. The van der Waals surface area contributed by atoms with E-state index in [0.29, 0.717) is 10.7 Å². The minimum atomic E-state index is -3.58. The van der Waals surface area contributed by atoms with E-state index in [9.17, 15) is 8.42 Å². The molecule has 0 saturated carbocycles. The van der Waals surface area contributed by atoms with Crippen molar-refractivity contribution in [1.29, 1.82) is 0 Å². The Balaban J connectivity index is 2.27. The zero-order valence-corrected chi connectivity index (χ0v) is 12.4. The van der Waals surface area contributed by atoms with Gasteiger partial charge in [0.15, 0.2) is 0 Å². The highest BCUT2D eigenvalue weighted by Crippen LogP contribution is 2.20. The second-order valence-electron chi connectivity index (χ2n) is 4.17. The maximum Gasteiger partial charge on any atom is 0.246 e. The van der Waals surface area contributed by atoms with E-state index in [-0.39, 0.29) is 11.4 Å². The van der Waals surface area contributed by atoms with Gasteiger partial charge in [-0.1, -0.05) is 11.6 Å². The largest absolute Gasteiger partial charge is 0.274 e. The fourth-order valence-electron chi connectivity index (χ4n) is 1.62. The molecule has 0 spiro atoms. The average Bonchev–Trinajstić information content (AvgIpc) is 2.90. The number of nitrogens with zero attached hydrogens (tertiary/aromatic N) is 5. The summed E-state index contributed by atoms with van der Waals surface area (Å²) in [5, 5.41) is 8.28. The van der Waals surface area contributed by atoms with Crippen LogP contribution in [0.4, 0.5) is 0 Å². The standard InChI is InChI=1S/C10H14ClN5O2S/c1-14-6-8(4-12-14)19(17,18)15(2)7-10-9(11)5-13-16(10)3/h4-6H,7H2,1-3H3. The second kappa shape index (κ2) is 4.95. The van der Waals surface area contributed by atoms with E-state index >= 15 is 0 Å². The molecule has 0 radical (unpaired) electrons. The van der Waals surface area contributed by atoms with Crippen molar-refractivity contribution in [3.8, 4) is 0 Å². The molecule has 104 valence electrons. The highest BCUT2D eigenvalue weighted by atomic mass is 35.5. The van der Waals surface area contributed by atoms with Gasteiger partial charge in [-0.25, -0.2) is 8.42 Å². The summed E-state index contributed by atoms with van der Waals surface area (Å²) in [6.07, 6.45) is 4.26. The number of hydrogen-bond acceptors (Lipinski definition) is 4. The number of halogens is 1. The van der Waals surface area contributed by atoms with Gasteiger partial charge in [0.2, 0.25) is 10.0 Å². The fraction of sp³-hybridized carbons (Fsp3) is 0.400. The summed E-state index contributed by atoms with van der Waals surface area (Å²) in [6.45, 7) is 0.145. The van der Waals surface area contributed by atoms with E-state index in [4.69, 9.17) is 11.6 Å². The molecule has 9 heteroatoms. The van der Waals surface area contributed by atoms with E-state index in [1.165, 1.54) is 34.6 Å². The topological polar surface area (TPSA) is 73.0 Å². The Morgan fingerprint density at radius 1 is 1.32 bits per heavy atom. The highest BCUT2D eigenvalue weighted by Gasteiger charge is 2.24. The second-order valence-corrected chi connectivity index (χ2v) is 6.63. The van der Waals surface area contributed by atoms with E-state index in [1.807, 2.05) is 0 Å². The van der Waals surface area contributed by atoms with Crippen LogP contribution in [0.15, 0.2) is 23.5 Å². The van der Waals surface area contributed by atoms with E-state index in [2.05, 4.69) is 10.2 Å². The third-order valence-corrected chi connectivity index (χ3v) is 4.84. The third kappa shape index (κ3) is 2.65. The summed E-state index contributed by atoms with van der Waals surface area (Å²) in [5.41, 5.74) is 0.636. The van der Waals surface area contributed by atoms with Crippen LogP contribution in [0.5, 0.6) is 0 Å². The van der Waals surface area contributed by atoms with E-state index in [0.717, 1.165) is 0 Å². The van der Waals surface area contributed by atoms with E-state index in [1.54, 1.807) is 18.8 Å². The van der Waals surface area contributed by atoms with Crippen molar-refractivity contribution >= 4 is 21.6 Å². The van der Waals surface area contributed by atoms with E-state index < -0.39 is 10.0 Å². The normalized spacial score (nSPS) is 12.3. The Morgan fingerprint density at radius 3 is 2.47 bits per heavy atom. The summed E-state index contributed by atoms with van der Waals surface area (Å²) in [4.78, 5) is 0.149. The van der Waals surface area contributed by atoms with Crippen molar-refractivity contribution in [2.24, 2.45) is 14.1 Å². The Kier molecular flexibility index (Phi) is 3.66. The molecule has 0 unspecified atom stereocenters. The molecule has 2 aromatic rings. The predicted octanol–water partition coefficient (Wildman–Crippen LogP) is 0.628. The van der Waals surface area contributed by atoms with Crippen LogP contribution in [0.1, 0.15) is 5.69 Å². The molecule has 0 N–H and O–H groups in total. The van der Waals surface area contributed by atoms with Crippen molar-refractivity contribution in [2.75, 3.05) is 7.05 Å². The smallest absolute Gasteiger partial charge is 0.246 e. The van der Waals surface area contributed by atoms with Crippen molar-refractivity contribution in [1.82, 2.24) is 23.9 Å². The predicted molar refractivity (Wildman–Crippen MR) is 70.1 cm³/mol. The lowest BCUT2D eigenvalue weighted by atomic mass is 10.4. The lowest BCUT2D eigenvalue weighted by Crippen LogP contribution is -2.27. The maximum atomic E-state index is 12.3. The molecule has 2 rings (SSSR count). The van der Waals surface area contributed by atoms with Gasteiger partial charge in [0.05, 0.1) is 29.7 Å². The number of hydrogen-bond donors (Lipinski definition) is 0.